The molecule has 0 amide bonds. The van der Waals surface area contributed by atoms with E-state index in [1.807, 2.05) is 0 Å². The second-order valence-corrected chi connectivity index (χ2v) is 6.00. The van der Waals surface area contributed by atoms with Crippen molar-refractivity contribution in [2.24, 2.45) is 0 Å². The molecule has 1 aromatic rings. The quantitative estimate of drug-likeness (QED) is 0.797. The molecule has 2 aliphatic carbocycles. The van der Waals surface area contributed by atoms with Crippen LogP contribution in [0.25, 0.3) is 0 Å². The lowest BCUT2D eigenvalue weighted by Gasteiger charge is -2.23. The zero-order valence-corrected chi connectivity index (χ0v) is 11.3. The Labute approximate surface area is 105 Å². The van der Waals surface area contributed by atoms with E-state index >= 15 is 0 Å². The molecule has 0 spiro atoms. The van der Waals surface area contributed by atoms with Gasteiger partial charge in [-0.25, -0.2) is 0 Å². The van der Waals surface area contributed by atoms with Gasteiger partial charge in [-0.05, 0) is 25.7 Å². The van der Waals surface area contributed by atoms with E-state index < -0.39 is 0 Å². The van der Waals surface area contributed by atoms with Crippen molar-refractivity contribution in [2.75, 3.05) is 0 Å². The van der Waals surface area contributed by atoms with E-state index in [9.17, 15) is 0 Å². The van der Waals surface area contributed by atoms with E-state index in [4.69, 9.17) is 0 Å². The molecule has 1 heterocycles. The molecule has 0 aliphatic heterocycles. The van der Waals surface area contributed by atoms with E-state index in [0.29, 0.717) is 6.04 Å². The van der Waals surface area contributed by atoms with Crippen LogP contribution in [0.3, 0.4) is 0 Å². The van der Waals surface area contributed by atoms with Gasteiger partial charge in [0.15, 0.2) is 0 Å². The van der Waals surface area contributed by atoms with Crippen molar-refractivity contribution in [1.82, 2.24) is 14.8 Å². The Morgan fingerprint density at radius 3 is 2.56 bits per heavy atom. The fourth-order valence-electron chi connectivity index (χ4n) is 2.92. The average Bonchev–Trinajstić information content (AvgIpc) is 2.87. The Balaban J connectivity index is 2.02. The zero-order chi connectivity index (χ0) is 11.2. The van der Waals surface area contributed by atoms with E-state index in [1.165, 1.54) is 44.3 Å². The van der Waals surface area contributed by atoms with Crippen molar-refractivity contribution in [1.29, 1.82) is 0 Å². The largest absolute Gasteiger partial charge is 0.311 e. The van der Waals surface area contributed by atoms with Crippen molar-refractivity contribution < 1.29 is 0 Å². The molecule has 1 aromatic heterocycles. The number of halogens is 1. The molecule has 2 aliphatic rings. The molecular weight excluding hydrogens is 266 g/mol. The highest BCUT2D eigenvalue weighted by Gasteiger charge is 2.39. The molecule has 0 atom stereocenters. The van der Waals surface area contributed by atoms with Gasteiger partial charge in [-0.3, -0.25) is 0 Å². The number of hydrogen-bond acceptors (Lipinski definition) is 2. The first kappa shape index (κ1) is 10.8. The van der Waals surface area contributed by atoms with Gasteiger partial charge in [0.05, 0.1) is 5.33 Å². The summed E-state index contributed by atoms with van der Waals surface area (Å²) in [6.07, 6.45) is 7.86. The Morgan fingerprint density at radius 1 is 1.31 bits per heavy atom. The van der Waals surface area contributed by atoms with Gasteiger partial charge in [0.1, 0.15) is 11.6 Å². The Bertz CT molecular complexity index is 389. The second-order valence-electron chi connectivity index (χ2n) is 5.44. The van der Waals surface area contributed by atoms with Crippen molar-refractivity contribution in [3.63, 3.8) is 0 Å². The predicted molar refractivity (Wildman–Crippen MR) is 66.7 cm³/mol. The smallest absolute Gasteiger partial charge is 0.143 e. The SMILES string of the molecule is CC1(c2nnc(CBr)n2C2CC2)CCCC1. The van der Waals surface area contributed by atoms with Crippen molar-refractivity contribution in [3.8, 4) is 0 Å². The molecule has 0 bridgehead atoms. The average molecular weight is 284 g/mol. The third-order valence-corrected chi connectivity index (χ3v) is 4.55. The molecular formula is C12H18BrN3. The highest BCUT2D eigenvalue weighted by Crippen LogP contribution is 2.44. The monoisotopic (exact) mass is 283 g/mol. The molecule has 16 heavy (non-hydrogen) atoms. The summed E-state index contributed by atoms with van der Waals surface area (Å²) >= 11 is 3.52. The van der Waals surface area contributed by atoms with Gasteiger partial charge in [0, 0.05) is 11.5 Å². The number of aromatic nitrogens is 3. The molecule has 3 nitrogen and oxygen atoms in total. The molecule has 2 fully saturated rings. The van der Waals surface area contributed by atoms with Crippen molar-refractivity contribution in [3.05, 3.63) is 11.6 Å². The minimum atomic E-state index is 0.288. The Kier molecular flexibility index (Phi) is 2.57. The van der Waals surface area contributed by atoms with E-state index in [2.05, 4.69) is 37.6 Å². The van der Waals surface area contributed by atoms with Crippen LogP contribution >= 0.6 is 15.9 Å². The summed E-state index contributed by atoms with van der Waals surface area (Å²) in [5, 5.41) is 9.66. The maximum atomic E-state index is 4.48. The van der Waals surface area contributed by atoms with Gasteiger partial charge >= 0.3 is 0 Å². The minimum absolute atomic E-state index is 0.288. The van der Waals surface area contributed by atoms with Gasteiger partial charge in [0.25, 0.3) is 0 Å². The predicted octanol–water partition coefficient (Wildman–Crippen LogP) is 3.34. The summed E-state index contributed by atoms with van der Waals surface area (Å²) in [5.41, 5.74) is 0.288. The van der Waals surface area contributed by atoms with Crippen LogP contribution in [0.2, 0.25) is 0 Å². The van der Waals surface area contributed by atoms with Crippen molar-refractivity contribution >= 4 is 15.9 Å². The number of hydrogen-bond donors (Lipinski definition) is 0. The van der Waals surface area contributed by atoms with Crippen LogP contribution in [0, 0.1) is 0 Å². The van der Waals surface area contributed by atoms with Gasteiger partial charge in [-0.2, -0.15) is 0 Å². The lowest BCUT2D eigenvalue weighted by molar-refractivity contribution is 0.429. The fraction of sp³-hybridized carbons (Fsp3) is 0.833. The molecule has 3 rings (SSSR count). The summed E-state index contributed by atoms with van der Waals surface area (Å²) in [7, 11) is 0. The zero-order valence-electron chi connectivity index (χ0n) is 9.75. The standard InChI is InChI=1S/C12H18BrN3/c1-12(6-2-3-7-12)11-15-14-10(8-13)16(11)9-4-5-9/h9H,2-8H2,1H3. The van der Waals surface area contributed by atoms with Gasteiger partial charge < -0.3 is 4.57 Å². The van der Waals surface area contributed by atoms with Crippen LogP contribution in [-0.2, 0) is 10.7 Å². The van der Waals surface area contributed by atoms with Crippen LogP contribution in [0.5, 0.6) is 0 Å². The first-order chi connectivity index (χ1) is 7.74. The van der Waals surface area contributed by atoms with Crippen LogP contribution in [0.4, 0.5) is 0 Å². The summed E-state index contributed by atoms with van der Waals surface area (Å²) < 4.78 is 2.42. The maximum absolute atomic E-state index is 4.48. The number of nitrogens with zero attached hydrogens (tertiary/aromatic N) is 3. The van der Waals surface area contributed by atoms with E-state index in [1.54, 1.807) is 0 Å². The molecule has 0 N–H and O–H groups in total. The topological polar surface area (TPSA) is 30.7 Å². The normalized spacial score (nSPS) is 23.9. The second kappa shape index (κ2) is 3.83. The molecule has 2 saturated carbocycles. The molecule has 0 aromatic carbocycles. The highest BCUT2D eigenvalue weighted by atomic mass is 79.9. The maximum Gasteiger partial charge on any atom is 0.143 e. The third kappa shape index (κ3) is 1.62. The molecule has 0 unspecified atom stereocenters. The molecule has 0 radical (unpaired) electrons. The molecule has 0 saturated heterocycles. The Morgan fingerprint density at radius 2 is 2.00 bits per heavy atom. The summed E-state index contributed by atoms with van der Waals surface area (Å²) in [5.74, 6) is 2.37. The summed E-state index contributed by atoms with van der Waals surface area (Å²) in [6.45, 7) is 2.36. The highest BCUT2D eigenvalue weighted by molar-refractivity contribution is 9.08. The van der Waals surface area contributed by atoms with Crippen LogP contribution in [0.15, 0.2) is 0 Å². The lowest BCUT2D eigenvalue weighted by Crippen LogP contribution is -2.23. The first-order valence-electron chi connectivity index (χ1n) is 6.25. The van der Waals surface area contributed by atoms with E-state index in [0.717, 1.165) is 11.2 Å². The summed E-state index contributed by atoms with van der Waals surface area (Å²) in [6, 6.07) is 0.690. The van der Waals surface area contributed by atoms with E-state index in [-0.39, 0.29) is 5.41 Å². The van der Waals surface area contributed by atoms with Crippen molar-refractivity contribution in [2.45, 2.75) is 62.2 Å². The minimum Gasteiger partial charge on any atom is -0.311 e. The van der Waals surface area contributed by atoms with Gasteiger partial charge in [-0.15, -0.1) is 10.2 Å². The fourth-order valence-corrected chi connectivity index (χ4v) is 3.30. The third-order valence-electron chi connectivity index (χ3n) is 4.04. The van der Waals surface area contributed by atoms with Crippen LogP contribution < -0.4 is 0 Å². The summed E-state index contributed by atoms with van der Waals surface area (Å²) in [4.78, 5) is 0. The van der Waals surface area contributed by atoms with Gasteiger partial charge in [0.2, 0.25) is 0 Å². The molecule has 4 heteroatoms. The molecule has 88 valence electrons. The van der Waals surface area contributed by atoms with Gasteiger partial charge in [-0.1, -0.05) is 35.7 Å². The van der Waals surface area contributed by atoms with Crippen LogP contribution in [0.1, 0.15) is 63.1 Å². The van der Waals surface area contributed by atoms with Crippen LogP contribution in [-0.4, -0.2) is 14.8 Å². The number of rotatable bonds is 3. The Hall–Kier alpha value is -0.380. The first-order valence-corrected chi connectivity index (χ1v) is 7.37. The number of alkyl halides is 1. The lowest BCUT2D eigenvalue weighted by atomic mass is 9.88.